The van der Waals surface area contributed by atoms with E-state index in [-0.39, 0.29) is 17.9 Å². The van der Waals surface area contributed by atoms with Crippen LogP contribution in [0.3, 0.4) is 0 Å². The highest BCUT2D eigenvalue weighted by Crippen LogP contribution is 2.16. The van der Waals surface area contributed by atoms with Gasteiger partial charge >= 0.3 is 0 Å². The molecule has 0 aromatic heterocycles. The molecule has 0 heterocycles. The van der Waals surface area contributed by atoms with E-state index >= 15 is 0 Å². The van der Waals surface area contributed by atoms with Crippen molar-refractivity contribution in [2.24, 2.45) is 0 Å². The van der Waals surface area contributed by atoms with E-state index in [1.165, 1.54) is 12.1 Å². The molecule has 0 N–H and O–H groups in total. The number of hydrogen-bond donors (Lipinski definition) is 0. The summed E-state index contributed by atoms with van der Waals surface area (Å²) in [5, 5.41) is 0. The Bertz CT molecular complexity index is 377. The van der Waals surface area contributed by atoms with Crippen molar-refractivity contribution in [2.45, 2.75) is 13.8 Å². The predicted molar refractivity (Wildman–Crippen MR) is 66.2 cm³/mol. The molecule has 4 heteroatoms. The van der Waals surface area contributed by atoms with E-state index in [2.05, 4.69) is 15.9 Å². The summed E-state index contributed by atoms with van der Waals surface area (Å²) in [6.45, 7) is 5.80. The van der Waals surface area contributed by atoms with Crippen LogP contribution < -0.4 is 0 Å². The molecule has 0 spiro atoms. The normalized spacial score (nSPS) is 10.8. The van der Waals surface area contributed by atoms with Crippen LogP contribution in [0.5, 0.6) is 0 Å². The summed E-state index contributed by atoms with van der Waals surface area (Å²) in [4.78, 5) is 13.8. The third-order valence-electron chi connectivity index (χ3n) is 2.49. The van der Waals surface area contributed by atoms with E-state index in [1.54, 1.807) is 6.07 Å². The first kappa shape index (κ1) is 13.3. The molecule has 0 radical (unpaired) electrons. The zero-order valence-electron chi connectivity index (χ0n) is 9.46. The molecule has 0 atom stereocenters. The highest BCUT2D eigenvalue weighted by molar-refractivity contribution is 9.10. The standard InChI is InChI=1S/C12H15BrFNO/c1-3-15(4-2)8-12(16)10-7-9(13)5-6-11(10)14/h5-7H,3-4,8H2,1-2H3. The lowest BCUT2D eigenvalue weighted by molar-refractivity contribution is 0.0933. The van der Waals surface area contributed by atoms with Crippen molar-refractivity contribution in [2.75, 3.05) is 19.6 Å². The van der Waals surface area contributed by atoms with Crippen molar-refractivity contribution >= 4 is 21.7 Å². The summed E-state index contributed by atoms with van der Waals surface area (Å²) in [6.07, 6.45) is 0. The van der Waals surface area contributed by atoms with Crippen molar-refractivity contribution in [3.63, 3.8) is 0 Å². The van der Waals surface area contributed by atoms with Crippen molar-refractivity contribution < 1.29 is 9.18 Å². The maximum absolute atomic E-state index is 13.4. The van der Waals surface area contributed by atoms with Gasteiger partial charge in [0.25, 0.3) is 0 Å². The van der Waals surface area contributed by atoms with Crippen LogP contribution in [-0.4, -0.2) is 30.3 Å². The van der Waals surface area contributed by atoms with Crippen molar-refractivity contribution in [1.29, 1.82) is 0 Å². The summed E-state index contributed by atoms with van der Waals surface area (Å²) in [5.41, 5.74) is 0.154. The largest absolute Gasteiger partial charge is 0.296 e. The molecule has 0 saturated heterocycles. The third-order valence-corrected chi connectivity index (χ3v) is 2.98. The second kappa shape index (κ2) is 6.11. The summed E-state index contributed by atoms with van der Waals surface area (Å²) < 4.78 is 14.1. The fraction of sp³-hybridized carbons (Fsp3) is 0.417. The van der Waals surface area contributed by atoms with Gasteiger partial charge in [0.05, 0.1) is 12.1 Å². The maximum atomic E-state index is 13.4. The molecule has 0 aliphatic heterocycles. The molecule has 0 saturated carbocycles. The second-order valence-corrected chi connectivity index (χ2v) is 4.42. The molecular formula is C12H15BrFNO. The molecule has 0 aliphatic carbocycles. The van der Waals surface area contributed by atoms with Gasteiger partial charge < -0.3 is 0 Å². The molecule has 1 rings (SSSR count). The Labute approximate surface area is 104 Å². The van der Waals surface area contributed by atoms with Crippen LogP contribution in [-0.2, 0) is 0 Å². The van der Waals surface area contributed by atoms with Crippen LogP contribution in [0.4, 0.5) is 4.39 Å². The number of carbonyl (C=O) groups is 1. The molecule has 0 amide bonds. The molecular weight excluding hydrogens is 273 g/mol. The first-order chi connectivity index (χ1) is 7.58. The van der Waals surface area contributed by atoms with E-state index in [1.807, 2.05) is 18.7 Å². The van der Waals surface area contributed by atoms with Crippen LogP contribution in [0, 0.1) is 5.82 Å². The fourth-order valence-corrected chi connectivity index (χ4v) is 1.81. The smallest absolute Gasteiger partial charge is 0.179 e. The molecule has 0 fully saturated rings. The molecule has 88 valence electrons. The Morgan fingerprint density at radius 2 is 2.00 bits per heavy atom. The Kier molecular flexibility index (Phi) is 5.09. The lowest BCUT2D eigenvalue weighted by Gasteiger charge is -2.16. The van der Waals surface area contributed by atoms with Gasteiger partial charge in [0, 0.05) is 4.47 Å². The zero-order valence-corrected chi connectivity index (χ0v) is 11.1. The summed E-state index contributed by atoms with van der Waals surface area (Å²) in [7, 11) is 0. The van der Waals surface area contributed by atoms with Crippen LogP contribution in [0.25, 0.3) is 0 Å². The molecule has 1 aromatic carbocycles. The number of carbonyl (C=O) groups excluding carboxylic acids is 1. The predicted octanol–water partition coefficient (Wildman–Crippen LogP) is 3.11. The van der Waals surface area contributed by atoms with E-state index in [4.69, 9.17) is 0 Å². The zero-order chi connectivity index (χ0) is 12.1. The maximum Gasteiger partial charge on any atom is 0.179 e. The highest BCUT2D eigenvalue weighted by Gasteiger charge is 2.14. The number of ketones is 1. The number of hydrogen-bond acceptors (Lipinski definition) is 2. The first-order valence-corrected chi connectivity index (χ1v) is 6.08. The molecule has 0 unspecified atom stereocenters. The summed E-state index contributed by atoms with van der Waals surface area (Å²) >= 11 is 3.23. The van der Waals surface area contributed by atoms with Crippen molar-refractivity contribution in [1.82, 2.24) is 4.90 Å². The summed E-state index contributed by atoms with van der Waals surface area (Å²) in [6, 6.07) is 4.42. The molecule has 1 aromatic rings. The van der Waals surface area contributed by atoms with Crippen LogP contribution in [0.1, 0.15) is 24.2 Å². The van der Waals surface area contributed by atoms with Crippen LogP contribution in [0.15, 0.2) is 22.7 Å². The topological polar surface area (TPSA) is 20.3 Å². The van der Waals surface area contributed by atoms with Gasteiger partial charge in [-0.1, -0.05) is 29.8 Å². The van der Waals surface area contributed by atoms with Crippen LogP contribution in [0.2, 0.25) is 0 Å². The number of Topliss-reactive ketones (excluding diaryl/α,β-unsaturated/α-hetero) is 1. The lowest BCUT2D eigenvalue weighted by atomic mass is 10.1. The van der Waals surface area contributed by atoms with Crippen LogP contribution >= 0.6 is 15.9 Å². The minimum atomic E-state index is -0.458. The van der Waals surface area contributed by atoms with Crippen molar-refractivity contribution in [3.8, 4) is 0 Å². The minimum Gasteiger partial charge on any atom is -0.296 e. The van der Waals surface area contributed by atoms with E-state index < -0.39 is 5.82 Å². The number of halogens is 2. The molecule has 2 nitrogen and oxygen atoms in total. The van der Waals surface area contributed by atoms with E-state index in [9.17, 15) is 9.18 Å². The SMILES string of the molecule is CCN(CC)CC(=O)c1cc(Br)ccc1F. The Morgan fingerprint density at radius 1 is 1.38 bits per heavy atom. The average Bonchev–Trinajstić information content (AvgIpc) is 2.28. The Hall–Kier alpha value is -0.740. The second-order valence-electron chi connectivity index (χ2n) is 3.51. The first-order valence-electron chi connectivity index (χ1n) is 5.29. The van der Waals surface area contributed by atoms with Gasteiger partial charge in [-0.15, -0.1) is 0 Å². The van der Waals surface area contributed by atoms with Gasteiger partial charge in [0.15, 0.2) is 5.78 Å². The average molecular weight is 288 g/mol. The number of nitrogens with zero attached hydrogens (tertiary/aromatic N) is 1. The van der Waals surface area contributed by atoms with E-state index in [0.29, 0.717) is 0 Å². The number of rotatable bonds is 5. The van der Waals surface area contributed by atoms with Gasteiger partial charge in [-0.3, -0.25) is 9.69 Å². The fourth-order valence-electron chi connectivity index (χ4n) is 1.45. The van der Waals surface area contributed by atoms with Gasteiger partial charge in [-0.05, 0) is 31.3 Å². The Morgan fingerprint density at radius 3 is 2.56 bits per heavy atom. The van der Waals surface area contributed by atoms with Gasteiger partial charge in [0.1, 0.15) is 5.82 Å². The number of benzene rings is 1. The molecule has 0 aliphatic rings. The monoisotopic (exact) mass is 287 g/mol. The van der Waals surface area contributed by atoms with Gasteiger partial charge in [-0.2, -0.15) is 0 Å². The third kappa shape index (κ3) is 3.39. The highest BCUT2D eigenvalue weighted by atomic mass is 79.9. The summed E-state index contributed by atoms with van der Waals surface area (Å²) in [5.74, 6) is -0.636. The van der Waals surface area contributed by atoms with Crippen molar-refractivity contribution in [3.05, 3.63) is 34.1 Å². The Balaban J connectivity index is 2.83. The van der Waals surface area contributed by atoms with Gasteiger partial charge in [0.2, 0.25) is 0 Å². The lowest BCUT2D eigenvalue weighted by Crippen LogP contribution is -2.29. The van der Waals surface area contributed by atoms with E-state index in [0.717, 1.165) is 17.6 Å². The van der Waals surface area contributed by atoms with Gasteiger partial charge in [-0.25, -0.2) is 4.39 Å². The quantitative estimate of drug-likeness (QED) is 0.776. The minimum absolute atomic E-state index is 0.154. The molecule has 16 heavy (non-hydrogen) atoms. The number of likely N-dealkylation sites (N-methyl/N-ethyl adjacent to an activating group) is 1. The molecule has 0 bridgehead atoms.